The summed E-state index contributed by atoms with van der Waals surface area (Å²) in [4.78, 5) is 0. The van der Waals surface area contributed by atoms with Gasteiger partial charge >= 0.3 is 6.18 Å². The molecule has 1 saturated carbocycles. The van der Waals surface area contributed by atoms with Gasteiger partial charge in [0.2, 0.25) is 0 Å². The van der Waals surface area contributed by atoms with Gasteiger partial charge in [0.05, 0.1) is 5.56 Å². The van der Waals surface area contributed by atoms with Crippen LogP contribution in [-0.4, -0.2) is 5.54 Å². The average molecular weight is 271 g/mol. The minimum absolute atomic E-state index is 0.174. The molecular weight excluding hydrogens is 251 g/mol. The monoisotopic (exact) mass is 271 g/mol. The van der Waals surface area contributed by atoms with Crippen LogP contribution in [0.3, 0.4) is 0 Å². The highest BCUT2D eigenvalue weighted by Crippen LogP contribution is 2.32. The van der Waals surface area contributed by atoms with Gasteiger partial charge in [0, 0.05) is 5.54 Å². The van der Waals surface area contributed by atoms with Gasteiger partial charge in [-0.2, -0.15) is 13.2 Å². The molecule has 1 fully saturated rings. The smallest absolute Gasteiger partial charge is 0.325 e. The van der Waals surface area contributed by atoms with Gasteiger partial charge in [-0.1, -0.05) is 37.5 Å². The quantitative estimate of drug-likeness (QED) is 0.871. The molecule has 0 radical (unpaired) electrons. The average Bonchev–Trinajstić information content (AvgIpc) is 2.37. The second-order valence-electron chi connectivity index (χ2n) is 5.62. The summed E-state index contributed by atoms with van der Waals surface area (Å²) in [5.74, 6) is 0. The van der Waals surface area contributed by atoms with Gasteiger partial charge in [-0.25, -0.2) is 0 Å². The molecule has 1 aliphatic rings. The molecule has 1 aliphatic carbocycles. The minimum atomic E-state index is -4.26. The number of halogens is 3. The molecule has 19 heavy (non-hydrogen) atoms. The molecule has 1 nitrogen and oxygen atoms in total. The molecule has 0 aromatic heterocycles. The topological polar surface area (TPSA) is 26.0 Å². The fourth-order valence-electron chi connectivity index (χ4n) is 2.80. The van der Waals surface area contributed by atoms with Crippen LogP contribution in [0.2, 0.25) is 0 Å². The van der Waals surface area contributed by atoms with Crippen LogP contribution in [0.1, 0.15) is 49.7 Å². The number of rotatable bonds is 3. The van der Waals surface area contributed by atoms with Gasteiger partial charge < -0.3 is 5.73 Å². The molecule has 0 saturated heterocycles. The maximum Gasteiger partial charge on any atom is 0.416 e. The zero-order chi connectivity index (χ0) is 13.9. The predicted octanol–water partition coefficient (Wildman–Crippen LogP) is 4.30. The molecule has 0 unspecified atom stereocenters. The number of nitrogens with two attached hydrogens (primary N) is 1. The van der Waals surface area contributed by atoms with Crippen molar-refractivity contribution in [2.45, 2.75) is 56.7 Å². The summed E-state index contributed by atoms with van der Waals surface area (Å²) in [7, 11) is 0. The lowest BCUT2D eigenvalue weighted by Gasteiger charge is -2.33. The maximum absolute atomic E-state index is 12.6. The Morgan fingerprint density at radius 1 is 1.11 bits per heavy atom. The first kappa shape index (κ1) is 14.4. The summed E-state index contributed by atoms with van der Waals surface area (Å²) in [6.07, 6.45) is 2.62. The van der Waals surface area contributed by atoms with Gasteiger partial charge in [-0.3, -0.25) is 0 Å². The fraction of sp³-hybridized carbons (Fsp3) is 0.600. The van der Waals surface area contributed by atoms with E-state index < -0.39 is 11.7 Å². The summed E-state index contributed by atoms with van der Waals surface area (Å²) >= 11 is 0. The predicted molar refractivity (Wildman–Crippen MR) is 69.8 cm³/mol. The first-order chi connectivity index (χ1) is 8.89. The lowest BCUT2D eigenvalue weighted by atomic mass is 9.79. The first-order valence-corrected chi connectivity index (χ1v) is 6.84. The van der Waals surface area contributed by atoms with Crippen LogP contribution >= 0.6 is 0 Å². The Hall–Kier alpha value is -1.03. The zero-order valence-corrected chi connectivity index (χ0v) is 11.0. The van der Waals surface area contributed by atoms with E-state index in [0.29, 0.717) is 6.42 Å². The van der Waals surface area contributed by atoms with E-state index in [4.69, 9.17) is 5.73 Å². The van der Waals surface area contributed by atoms with E-state index in [9.17, 15) is 13.2 Å². The van der Waals surface area contributed by atoms with Crippen molar-refractivity contribution < 1.29 is 13.2 Å². The molecule has 1 aromatic rings. The second kappa shape index (κ2) is 5.53. The van der Waals surface area contributed by atoms with Crippen LogP contribution in [0.15, 0.2) is 24.3 Å². The SMILES string of the molecule is NC1(CCc2cccc(C(F)(F)F)c2)CCCCC1. The Labute approximate surface area is 112 Å². The van der Waals surface area contributed by atoms with Crippen molar-refractivity contribution in [1.29, 1.82) is 0 Å². The lowest BCUT2D eigenvalue weighted by molar-refractivity contribution is -0.137. The normalized spacial score (nSPS) is 19.4. The van der Waals surface area contributed by atoms with E-state index >= 15 is 0 Å². The van der Waals surface area contributed by atoms with E-state index in [-0.39, 0.29) is 5.54 Å². The van der Waals surface area contributed by atoms with Crippen LogP contribution in [0.4, 0.5) is 13.2 Å². The van der Waals surface area contributed by atoms with Crippen LogP contribution in [0.25, 0.3) is 0 Å². The van der Waals surface area contributed by atoms with Crippen molar-refractivity contribution >= 4 is 0 Å². The van der Waals surface area contributed by atoms with Crippen molar-refractivity contribution in [3.63, 3.8) is 0 Å². The molecule has 2 N–H and O–H groups in total. The Kier molecular flexibility index (Phi) is 4.19. The number of alkyl halides is 3. The summed E-state index contributed by atoms with van der Waals surface area (Å²) < 4.78 is 37.8. The molecule has 0 bridgehead atoms. The highest BCUT2D eigenvalue weighted by molar-refractivity contribution is 5.26. The first-order valence-electron chi connectivity index (χ1n) is 6.84. The van der Waals surface area contributed by atoms with Gasteiger partial charge in [0.1, 0.15) is 0 Å². The van der Waals surface area contributed by atoms with E-state index in [0.717, 1.165) is 43.7 Å². The molecule has 1 aromatic carbocycles. The number of hydrogen-bond donors (Lipinski definition) is 1. The standard InChI is InChI=1S/C15H20F3N/c16-15(17,18)13-6-4-5-12(11-13)7-10-14(19)8-2-1-3-9-14/h4-6,11H,1-3,7-10,19H2. The third kappa shape index (κ3) is 3.96. The zero-order valence-electron chi connectivity index (χ0n) is 11.0. The van der Waals surface area contributed by atoms with Crippen LogP contribution in [0, 0.1) is 0 Å². The van der Waals surface area contributed by atoms with Gasteiger partial charge in [-0.15, -0.1) is 0 Å². The minimum Gasteiger partial charge on any atom is -0.325 e. The van der Waals surface area contributed by atoms with Crippen molar-refractivity contribution in [1.82, 2.24) is 0 Å². The molecule has 106 valence electrons. The molecule has 4 heteroatoms. The number of hydrogen-bond acceptors (Lipinski definition) is 1. The highest BCUT2D eigenvalue weighted by Gasteiger charge is 2.31. The second-order valence-corrected chi connectivity index (χ2v) is 5.62. The Morgan fingerprint density at radius 3 is 2.42 bits per heavy atom. The molecule has 0 spiro atoms. The van der Waals surface area contributed by atoms with Crippen molar-refractivity contribution in [3.8, 4) is 0 Å². The van der Waals surface area contributed by atoms with Crippen molar-refractivity contribution in [2.75, 3.05) is 0 Å². The molecule has 0 aliphatic heterocycles. The Morgan fingerprint density at radius 2 is 1.79 bits per heavy atom. The van der Waals surface area contributed by atoms with E-state index in [1.807, 2.05) is 0 Å². The van der Waals surface area contributed by atoms with E-state index in [1.165, 1.54) is 18.6 Å². The Bertz CT molecular complexity index is 420. The van der Waals surface area contributed by atoms with E-state index in [1.54, 1.807) is 6.07 Å². The highest BCUT2D eigenvalue weighted by atomic mass is 19.4. The van der Waals surface area contributed by atoms with Crippen molar-refractivity contribution in [2.24, 2.45) is 5.73 Å². The Balaban J connectivity index is 1.99. The van der Waals surface area contributed by atoms with Crippen LogP contribution < -0.4 is 5.73 Å². The van der Waals surface area contributed by atoms with Crippen molar-refractivity contribution in [3.05, 3.63) is 35.4 Å². The number of aryl methyl sites for hydroxylation is 1. The third-order valence-corrected chi connectivity index (χ3v) is 4.02. The fourth-order valence-corrected chi connectivity index (χ4v) is 2.80. The molecule has 0 atom stereocenters. The molecule has 0 amide bonds. The maximum atomic E-state index is 12.6. The van der Waals surface area contributed by atoms with Crippen LogP contribution in [-0.2, 0) is 12.6 Å². The molecule has 2 rings (SSSR count). The summed E-state index contributed by atoms with van der Waals surface area (Å²) in [5.41, 5.74) is 6.29. The summed E-state index contributed by atoms with van der Waals surface area (Å²) in [6.45, 7) is 0. The molecule has 0 heterocycles. The third-order valence-electron chi connectivity index (χ3n) is 4.02. The number of benzene rings is 1. The molecular formula is C15H20F3N. The van der Waals surface area contributed by atoms with Gasteiger partial charge in [-0.05, 0) is 37.3 Å². The summed E-state index contributed by atoms with van der Waals surface area (Å²) in [6, 6.07) is 5.58. The van der Waals surface area contributed by atoms with E-state index in [2.05, 4.69) is 0 Å². The van der Waals surface area contributed by atoms with Crippen LogP contribution in [0.5, 0.6) is 0 Å². The largest absolute Gasteiger partial charge is 0.416 e. The lowest BCUT2D eigenvalue weighted by Crippen LogP contribution is -2.42. The van der Waals surface area contributed by atoms with Gasteiger partial charge in [0.15, 0.2) is 0 Å². The summed E-state index contributed by atoms with van der Waals surface area (Å²) in [5, 5.41) is 0. The van der Waals surface area contributed by atoms with Gasteiger partial charge in [0.25, 0.3) is 0 Å².